The van der Waals surface area contributed by atoms with Crippen molar-refractivity contribution in [1.29, 1.82) is 0 Å². The molecule has 1 saturated carbocycles. The molecule has 14 heavy (non-hydrogen) atoms. The highest BCUT2D eigenvalue weighted by Crippen LogP contribution is 2.23. The molecule has 84 valence electrons. The van der Waals surface area contributed by atoms with Crippen molar-refractivity contribution in [2.24, 2.45) is 5.92 Å². The summed E-state index contributed by atoms with van der Waals surface area (Å²) >= 11 is 5.23. The molecule has 1 rings (SSSR count). The normalized spacial score (nSPS) is 29.0. The molecule has 0 aromatic rings. The van der Waals surface area contributed by atoms with Crippen molar-refractivity contribution in [3.05, 3.63) is 0 Å². The van der Waals surface area contributed by atoms with Gasteiger partial charge < -0.3 is 5.11 Å². The summed E-state index contributed by atoms with van der Waals surface area (Å²) in [6, 6.07) is 0. The maximum absolute atomic E-state index is 11.0. The molecule has 0 aromatic carbocycles. The van der Waals surface area contributed by atoms with Crippen LogP contribution in [0.5, 0.6) is 0 Å². The van der Waals surface area contributed by atoms with E-state index in [-0.39, 0.29) is 12.0 Å². The number of aliphatic hydroxyl groups is 1. The molecular weight excluding hydrogens is 226 g/mol. The molecule has 2 N–H and O–H groups in total. The van der Waals surface area contributed by atoms with Crippen molar-refractivity contribution < 1.29 is 13.5 Å². The number of nitrogens with one attached hydrogen (secondary N) is 1. The first-order valence-corrected chi connectivity index (χ1v) is 6.95. The Kier molecular flexibility index (Phi) is 4.63. The van der Waals surface area contributed by atoms with Crippen molar-refractivity contribution in [3.63, 3.8) is 0 Å². The van der Waals surface area contributed by atoms with Gasteiger partial charge in [0.2, 0.25) is 10.0 Å². The number of sulfonamides is 1. The Labute approximate surface area is 89.7 Å². The number of rotatable bonds is 4. The van der Waals surface area contributed by atoms with E-state index in [0.717, 1.165) is 25.7 Å². The van der Waals surface area contributed by atoms with Crippen LogP contribution in [0.1, 0.15) is 25.7 Å². The van der Waals surface area contributed by atoms with Crippen molar-refractivity contribution in [3.8, 4) is 0 Å². The minimum Gasteiger partial charge on any atom is -0.393 e. The molecule has 1 aliphatic rings. The first-order valence-electron chi connectivity index (χ1n) is 4.76. The van der Waals surface area contributed by atoms with Gasteiger partial charge in [-0.15, -0.1) is 11.6 Å². The van der Waals surface area contributed by atoms with Gasteiger partial charge in [-0.05, 0) is 18.8 Å². The topological polar surface area (TPSA) is 66.4 Å². The molecule has 0 aromatic heterocycles. The van der Waals surface area contributed by atoms with Crippen LogP contribution in [-0.2, 0) is 10.0 Å². The van der Waals surface area contributed by atoms with Gasteiger partial charge in [0, 0.05) is 6.54 Å². The van der Waals surface area contributed by atoms with E-state index < -0.39 is 15.2 Å². The second-order valence-electron chi connectivity index (χ2n) is 3.68. The summed E-state index contributed by atoms with van der Waals surface area (Å²) < 4.78 is 24.4. The molecule has 0 radical (unpaired) electrons. The molecule has 0 heterocycles. The zero-order chi connectivity index (χ0) is 10.6. The first kappa shape index (κ1) is 12.2. The predicted octanol–water partition coefficient (Wildman–Crippen LogP) is 0.653. The van der Waals surface area contributed by atoms with Gasteiger partial charge >= 0.3 is 0 Å². The van der Waals surface area contributed by atoms with E-state index in [2.05, 4.69) is 4.72 Å². The average Bonchev–Trinajstić information content (AvgIpc) is 2.17. The van der Waals surface area contributed by atoms with Crippen LogP contribution in [0.4, 0.5) is 0 Å². The molecule has 4 nitrogen and oxygen atoms in total. The Balaban J connectivity index is 2.36. The largest absolute Gasteiger partial charge is 0.393 e. The highest BCUT2D eigenvalue weighted by Gasteiger charge is 2.24. The third-order valence-electron chi connectivity index (χ3n) is 2.58. The number of hydrogen-bond acceptors (Lipinski definition) is 3. The van der Waals surface area contributed by atoms with Gasteiger partial charge in [0.15, 0.2) is 0 Å². The minimum absolute atomic E-state index is 0.0433. The lowest BCUT2D eigenvalue weighted by atomic mass is 9.87. The Bertz CT molecular complexity index is 268. The zero-order valence-corrected chi connectivity index (χ0v) is 9.52. The SMILES string of the molecule is O=S(=O)(CCl)NCC1CCCCC1O. The lowest BCUT2D eigenvalue weighted by Gasteiger charge is -2.27. The molecule has 1 aliphatic carbocycles. The summed E-state index contributed by atoms with van der Waals surface area (Å²) in [5.41, 5.74) is 0. The molecule has 2 atom stereocenters. The van der Waals surface area contributed by atoms with Crippen molar-refractivity contribution in [2.45, 2.75) is 31.8 Å². The molecular formula is C8H16ClNO3S. The molecule has 0 bridgehead atoms. The van der Waals surface area contributed by atoms with Gasteiger partial charge in [-0.1, -0.05) is 12.8 Å². The van der Waals surface area contributed by atoms with Crippen LogP contribution >= 0.6 is 11.6 Å². The van der Waals surface area contributed by atoms with E-state index in [1.54, 1.807) is 0 Å². The summed E-state index contributed by atoms with van der Waals surface area (Å²) in [5.74, 6) is 0.0433. The molecule has 2 unspecified atom stereocenters. The second-order valence-corrected chi connectivity index (χ2v) is 6.08. The maximum Gasteiger partial charge on any atom is 0.225 e. The Hall–Kier alpha value is 0.160. The fraction of sp³-hybridized carbons (Fsp3) is 1.00. The molecule has 0 saturated heterocycles. The lowest BCUT2D eigenvalue weighted by molar-refractivity contribution is 0.0725. The van der Waals surface area contributed by atoms with E-state index in [4.69, 9.17) is 11.6 Å². The van der Waals surface area contributed by atoms with E-state index >= 15 is 0 Å². The number of halogens is 1. The van der Waals surface area contributed by atoms with Gasteiger partial charge in [-0.25, -0.2) is 13.1 Å². The van der Waals surface area contributed by atoms with E-state index in [1.807, 2.05) is 0 Å². The molecule has 1 fully saturated rings. The maximum atomic E-state index is 11.0. The zero-order valence-electron chi connectivity index (χ0n) is 7.95. The Morgan fingerprint density at radius 1 is 1.36 bits per heavy atom. The van der Waals surface area contributed by atoms with Crippen LogP contribution in [0.2, 0.25) is 0 Å². The van der Waals surface area contributed by atoms with Gasteiger partial charge in [-0.2, -0.15) is 0 Å². The fourth-order valence-corrected chi connectivity index (χ4v) is 2.48. The molecule has 0 spiro atoms. The van der Waals surface area contributed by atoms with E-state index in [9.17, 15) is 13.5 Å². The summed E-state index contributed by atoms with van der Waals surface area (Å²) in [5, 5.41) is 9.15. The number of hydrogen-bond donors (Lipinski definition) is 2. The fourth-order valence-electron chi connectivity index (χ4n) is 1.70. The third-order valence-corrected chi connectivity index (χ3v) is 4.33. The number of aliphatic hydroxyl groups excluding tert-OH is 1. The second kappa shape index (κ2) is 5.30. The van der Waals surface area contributed by atoms with Crippen LogP contribution in [0.3, 0.4) is 0 Å². The van der Waals surface area contributed by atoms with E-state index in [1.165, 1.54) is 0 Å². The molecule has 6 heteroatoms. The van der Waals surface area contributed by atoms with E-state index in [0.29, 0.717) is 6.54 Å². The Morgan fingerprint density at radius 2 is 2.00 bits per heavy atom. The predicted molar refractivity (Wildman–Crippen MR) is 55.6 cm³/mol. The quantitative estimate of drug-likeness (QED) is 0.711. The van der Waals surface area contributed by atoms with Crippen LogP contribution < -0.4 is 4.72 Å². The highest BCUT2D eigenvalue weighted by atomic mass is 35.5. The van der Waals surface area contributed by atoms with Crippen molar-refractivity contribution >= 4 is 21.6 Å². The minimum atomic E-state index is -3.34. The van der Waals surface area contributed by atoms with Crippen molar-refractivity contribution in [1.82, 2.24) is 4.72 Å². The van der Waals surface area contributed by atoms with Crippen LogP contribution in [0.25, 0.3) is 0 Å². The molecule has 0 amide bonds. The lowest BCUT2D eigenvalue weighted by Crippen LogP contribution is -2.36. The third kappa shape index (κ3) is 3.73. The monoisotopic (exact) mass is 241 g/mol. The van der Waals surface area contributed by atoms with Crippen LogP contribution in [0.15, 0.2) is 0 Å². The van der Waals surface area contributed by atoms with Crippen LogP contribution in [-0.4, -0.2) is 31.4 Å². The standard InChI is InChI=1S/C8H16ClNO3S/c9-6-14(12,13)10-5-7-3-1-2-4-8(7)11/h7-8,10-11H,1-6H2. The van der Waals surface area contributed by atoms with Crippen molar-refractivity contribution in [2.75, 3.05) is 11.8 Å². The summed E-state index contributed by atoms with van der Waals surface area (Å²) in [6.07, 6.45) is 3.37. The molecule has 0 aliphatic heterocycles. The summed E-state index contributed by atoms with van der Waals surface area (Å²) in [7, 11) is -3.34. The van der Waals surface area contributed by atoms with Gasteiger partial charge in [0.25, 0.3) is 0 Å². The number of alkyl halides is 1. The summed E-state index contributed by atoms with van der Waals surface area (Å²) in [6.45, 7) is 0.302. The van der Waals surface area contributed by atoms with Gasteiger partial charge in [0.1, 0.15) is 5.21 Å². The van der Waals surface area contributed by atoms with Crippen LogP contribution in [0, 0.1) is 5.92 Å². The Morgan fingerprint density at radius 3 is 2.57 bits per heavy atom. The highest BCUT2D eigenvalue weighted by molar-refractivity contribution is 7.90. The summed E-state index contributed by atoms with van der Waals surface area (Å²) in [4.78, 5) is 0. The van der Waals surface area contributed by atoms with Gasteiger partial charge in [0.05, 0.1) is 6.10 Å². The average molecular weight is 242 g/mol. The first-order chi connectivity index (χ1) is 6.55. The van der Waals surface area contributed by atoms with Gasteiger partial charge in [-0.3, -0.25) is 0 Å². The smallest absolute Gasteiger partial charge is 0.225 e.